The molecule has 0 amide bonds. The Kier molecular flexibility index (Phi) is 4.99. The average molecular weight is 323 g/mol. The standard InChI is InChI=1S/C16H12Cl2O3/c17-13-7-6-11(8-14(13)18)16(21)12(9-15(19)20)10-4-2-1-3-5-10/h1-8,12H,9H2,(H,19,20). The van der Waals surface area contributed by atoms with Crippen LogP contribution in [0.5, 0.6) is 0 Å². The van der Waals surface area contributed by atoms with E-state index in [-0.39, 0.29) is 17.2 Å². The second kappa shape index (κ2) is 6.74. The minimum atomic E-state index is -1.03. The Morgan fingerprint density at radius 2 is 1.67 bits per heavy atom. The fourth-order valence-corrected chi connectivity index (χ4v) is 2.37. The Labute approximate surface area is 132 Å². The summed E-state index contributed by atoms with van der Waals surface area (Å²) in [6.45, 7) is 0. The topological polar surface area (TPSA) is 54.4 Å². The normalized spacial score (nSPS) is 11.9. The van der Waals surface area contributed by atoms with Crippen molar-refractivity contribution in [3.8, 4) is 0 Å². The van der Waals surface area contributed by atoms with Gasteiger partial charge in [-0.25, -0.2) is 0 Å². The zero-order valence-electron chi connectivity index (χ0n) is 10.9. The average Bonchev–Trinajstić information content (AvgIpc) is 2.47. The summed E-state index contributed by atoms with van der Waals surface area (Å²) in [4.78, 5) is 23.6. The molecule has 21 heavy (non-hydrogen) atoms. The number of carbonyl (C=O) groups is 2. The Morgan fingerprint density at radius 1 is 1.00 bits per heavy atom. The number of benzene rings is 2. The molecular weight excluding hydrogens is 311 g/mol. The maximum atomic E-state index is 12.6. The lowest BCUT2D eigenvalue weighted by Gasteiger charge is -2.14. The lowest BCUT2D eigenvalue weighted by atomic mass is 9.88. The van der Waals surface area contributed by atoms with Crippen molar-refractivity contribution in [2.45, 2.75) is 12.3 Å². The minimum Gasteiger partial charge on any atom is -0.481 e. The largest absolute Gasteiger partial charge is 0.481 e. The first-order valence-corrected chi connectivity index (χ1v) is 7.00. The molecule has 2 aromatic carbocycles. The van der Waals surface area contributed by atoms with Gasteiger partial charge in [-0.3, -0.25) is 9.59 Å². The zero-order chi connectivity index (χ0) is 15.4. The van der Waals surface area contributed by atoms with Gasteiger partial charge in [0.2, 0.25) is 0 Å². The van der Waals surface area contributed by atoms with Gasteiger partial charge in [0.25, 0.3) is 0 Å². The lowest BCUT2D eigenvalue weighted by Crippen LogP contribution is -2.17. The van der Waals surface area contributed by atoms with Crippen LogP contribution in [-0.2, 0) is 4.79 Å². The molecule has 3 nitrogen and oxygen atoms in total. The number of Topliss-reactive ketones (excluding diaryl/α,β-unsaturated/α-hetero) is 1. The number of hydrogen-bond donors (Lipinski definition) is 1. The summed E-state index contributed by atoms with van der Waals surface area (Å²) in [5, 5.41) is 9.66. The van der Waals surface area contributed by atoms with Crippen molar-refractivity contribution in [2.24, 2.45) is 0 Å². The minimum absolute atomic E-state index is 0.268. The number of halogens is 2. The van der Waals surface area contributed by atoms with Crippen molar-refractivity contribution in [2.75, 3.05) is 0 Å². The van der Waals surface area contributed by atoms with Crippen LogP contribution in [0.25, 0.3) is 0 Å². The fourth-order valence-electron chi connectivity index (χ4n) is 2.07. The van der Waals surface area contributed by atoms with Gasteiger partial charge in [0.05, 0.1) is 22.4 Å². The molecule has 108 valence electrons. The van der Waals surface area contributed by atoms with E-state index in [1.807, 2.05) is 6.07 Å². The Balaban J connectivity index is 2.38. The van der Waals surface area contributed by atoms with Crippen molar-refractivity contribution >= 4 is 35.0 Å². The quantitative estimate of drug-likeness (QED) is 0.828. The van der Waals surface area contributed by atoms with E-state index in [1.165, 1.54) is 12.1 Å². The molecule has 0 heterocycles. The van der Waals surface area contributed by atoms with E-state index in [2.05, 4.69) is 0 Å². The van der Waals surface area contributed by atoms with Crippen LogP contribution in [0.4, 0.5) is 0 Å². The smallest absolute Gasteiger partial charge is 0.304 e. The number of carboxylic acid groups (broad SMARTS) is 1. The van der Waals surface area contributed by atoms with Gasteiger partial charge in [0, 0.05) is 5.56 Å². The Hall–Kier alpha value is -1.84. The molecule has 1 atom stereocenters. The molecule has 0 saturated heterocycles. The zero-order valence-corrected chi connectivity index (χ0v) is 12.4. The van der Waals surface area contributed by atoms with Crippen LogP contribution in [0.3, 0.4) is 0 Å². The summed E-state index contributed by atoms with van der Waals surface area (Å²) in [5.41, 5.74) is 1.01. The molecule has 0 aliphatic rings. The van der Waals surface area contributed by atoms with Gasteiger partial charge in [-0.1, -0.05) is 53.5 Å². The van der Waals surface area contributed by atoms with Crippen molar-refractivity contribution in [3.05, 3.63) is 69.7 Å². The summed E-state index contributed by atoms with van der Waals surface area (Å²) in [7, 11) is 0. The molecule has 5 heteroatoms. The monoisotopic (exact) mass is 322 g/mol. The summed E-state index contributed by atoms with van der Waals surface area (Å²) < 4.78 is 0. The van der Waals surface area contributed by atoms with Gasteiger partial charge in [-0.2, -0.15) is 0 Å². The molecule has 2 aromatic rings. The van der Waals surface area contributed by atoms with Crippen LogP contribution in [0.1, 0.15) is 28.3 Å². The molecule has 2 rings (SSSR count). The Morgan fingerprint density at radius 3 is 2.24 bits per heavy atom. The van der Waals surface area contributed by atoms with E-state index in [4.69, 9.17) is 28.3 Å². The summed E-state index contributed by atoms with van der Waals surface area (Å²) in [6, 6.07) is 13.4. The van der Waals surface area contributed by atoms with E-state index in [0.29, 0.717) is 16.1 Å². The number of rotatable bonds is 5. The second-order valence-corrected chi connectivity index (χ2v) is 5.37. The molecule has 0 radical (unpaired) electrons. The molecule has 0 aromatic heterocycles. The van der Waals surface area contributed by atoms with E-state index in [1.54, 1.807) is 30.3 Å². The van der Waals surface area contributed by atoms with Crippen molar-refractivity contribution in [1.82, 2.24) is 0 Å². The molecule has 0 saturated carbocycles. The van der Waals surface area contributed by atoms with Crippen LogP contribution in [0.2, 0.25) is 10.0 Å². The van der Waals surface area contributed by atoms with Gasteiger partial charge in [-0.15, -0.1) is 0 Å². The highest BCUT2D eigenvalue weighted by molar-refractivity contribution is 6.42. The predicted octanol–water partition coefficient (Wildman–Crippen LogP) is 4.43. The van der Waals surface area contributed by atoms with E-state index < -0.39 is 11.9 Å². The molecule has 0 fully saturated rings. The van der Waals surface area contributed by atoms with Gasteiger partial charge in [0.1, 0.15) is 0 Å². The third kappa shape index (κ3) is 3.84. The highest BCUT2D eigenvalue weighted by atomic mass is 35.5. The first-order valence-electron chi connectivity index (χ1n) is 6.25. The molecule has 0 aliphatic carbocycles. The van der Waals surface area contributed by atoms with Crippen molar-refractivity contribution in [3.63, 3.8) is 0 Å². The lowest BCUT2D eigenvalue weighted by molar-refractivity contribution is -0.137. The first-order chi connectivity index (χ1) is 9.99. The highest BCUT2D eigenvalue weighted by Gasteiger charge is 2.25. The predicted molar refractivity (Wildman–Crippen MR) is 82.2 cm³/mol. The van der Waals surface area contributed by atoms with Gasteiger partial charge < -0.3 is 5.11 Å². The first kappa shape index (κ1) is 15.5. The molecule has 0 aliphatic heterocycles. The summed E-state index contributed by atoms with van der Waals surface area (Å²) in [5.74, 6) is -2.07. The third-order valence-corrected chi connectivity index (χ3v) is 3.84. The van der Waals surface area contributed by atoms with Crippen molar-refractivity contribution in [1.29, 1.82) is 0 Å². The number of ketones is 1. The maximum absolute atomic E-state index is 12.6. The molecule has 1 unspecified atom stereocenters. The van der Waals surface area contributed by atoms with Gasteiger partial charge in [0.15, 0.2) is 5.78 Å². The molecule has 0 spiro atoms. The number of hydrogen-bond acceptors (Lipinski definition) is 2. The van der Waals surface area contributed by atoms with E-state index >= 15 is 0 Å². The van der Waals surface area contributed by atoms with Crippen LogP contribution >= 0.6 is 23.2 Å². The van der Waals surface area contributed by atoms with Gasteiger partial charge >= 0.3 is 5.97 Å². The SMILES string of the molecule is O=C(O)CC(C(=O)c1ccc(Cl)c(Cl)c1)c1ccccc1. The Bertz CT molecular complexity index is 668. The van der Waals surface area contributed by atoms with E-state index in [9.17, 15) is 9.59 Å². The number of carbonyl (C=O) groups excluding carboxylic acids is 1. The van der Waals surface area contributed by atoms with Crippen LogP contribution < -0.4 is 0 Å². The fraction of sp³-hybridized carbons (Fsp3) is 0.125. The maximum Gasteiger partial charge on any atom is 0.304 e. The van der Waals surface area contributed by atoms with Crippen molar-refractivity contribution < 1.29 is 14.7 Å². The van der Waals surface area contributed by atoms with Gasteiger partial charge in [-0.05, 0) is 23.8 Å². The molecule has 0 bridgehead atoms. The van der Waals surface area contributed by atoms with Crippen LogP contribution in [0.15, 0.2) is 48.5 Å². The molecule has 1 N–H and O–H groups in total. The summed E-state index contributed by atoms with van der Waals surface area (Å²) in [6.07, 6.45) is -0.275. The number of aliphatic carboxylic acids is 1. The summed E-state index contributed by atoms with van der Waals surface area (Å²) >= 11 is 11.7. The third-order valence-electron chi connectivity index (χ3n) is 3.10. The van der Waals surface area contributed by atoms with E-state index in [0.717, 1.165) is 0 Å². The van der Waals surface area contributed by atoms with Crippen LogP contribution in [0, 0.1) is 0 Å². The second-order valence-electron chi connectivity index (χ2n) is 4.55. The molecular formula is C16H12Cl2O3. The number of carboxylic acids is 1. The van der Waals surface area contributed by atoms with Crippen LogP contribution in [-0.4, -0.2) is 16.9 Å². The highest BCUT2D eigenvalue weighted by Crippen LogP contribution is 2.28.